The second-order valence-corrected chi connectivity index (χ2v) is 5.80. The molecule has 5 nitrogen and oxygen atoms in total. The van der Waals surface area contributed by atoms with E-state index in [0.29, 0.717) is 37.8 Å². The first-order chi connectivity index (χ1) is 9.52. The SMILES string of the molecule is CCCc1nc(Cl)cc(N(C)CC2(O)CCOCC2)n1. The second-order valence-electron chi connectivity index (χ2n) is 5.41. The van der Waals surface area contributed by atoms with Crippen molar-refractivity contribution in [1.29, 1.82) is 0 Å². The average Bonchev–Trinajstić information content (AvgIpc) is 2.38. The molecule has 0 bridgehead atoms. The fraction of sp³-hybridized carbons (Fsp3) is 0.714. The molecule has 0 saturated carbocycles. The molecule has 1 aromatic heterocycles. The molecule has 0 radical (unpaired) electrons. The Hall–Kier alpha value is -0.910. The van der Waals surface area contributed by atoms with Crippen molar-refractivity contribution in [3.8, 4) is 0 Å². The van der Waals surface area contributed by atoms with Crippen LogP contribution >= 0.6 is 11.6 Å². The number of aliphatic hydroxyl groups is 1. The van der Waals surface area contributed by atoms with Crippen molar-refractivity contribution in [3.05, 3.63) is 17.0 Å². The summed E-state index contributed by atoms with van der Waals surface area (Å²) in [6.45, 7) is 3.82. The Labute approximate surface area is 124 Å². The minimum absolute atomic E-state index is 0.448. The van der Waals surface area contributed by atoms with Crippen LogP contribution in [0, 0.1) is 0 Å². The van der Waals surface area contributed by atoms with Crippen LogP contribution in [0.3, 0.4) is 0 Å². The van der Waals surface area contributed by atoms with E-state index in [9.17, 15) is 5.11 Å². The van der Waals surface area contributed by atoms with Crippen molar-refractivity contribution in [2.24, 2.45) is 0 Å². The molecule has 112 valence electrons. The molecule has 2 heterocycles. The molecule has 0 spiro atoms. The molecule has 1 saturated heterocycles. The molecule has 1 aliphatic heterocycles. The predicted molar refractivity (Wildman–Crippen MR) is 79.3 cm³/mol. The van der Waals surface area contributed by atoms with Crippen molar-refractivity contribution in [2.45, 2.75) is 38.2 Å². The zero-order valence-corrected chi connectivity index (χ0v) is 12.9. The van der Waals surface area contributed by atoms with Gasteiger partial charge in [0.05, 0.1) is 5.60 Å². The third-order valence-corrected chi connectivity index (χ3v) is 3.74. The Balaban J connectivity index is 2.09. The van der Waals surface area contributed by atoms with E-state index in [-0.39, 0.29) is 0 Å². The number of hydrogen-bond acceptors (Lipinski definition) is 5. The van der Waals surface area contributed by atoms with Gasteiger partial charge in [0.15, 0.2) is 0 Å². The lowest BCUT2D eigenvalue weighted by Crippen LogP contribution is -2.46. The number of likely N-dealkylation sites (N-methyl/N-ethyl adjacent to an activating group) is 1. The van der Waals surface area contributed by atoms with Gasteiger partial charge in [-0.05, 0) is 6.42 Å². The molecule has 6 heteroatoms. The molecule has 1 N–H and O–H groups in total. The van der Waals surface area contributed by atoms with E-state index in [0.717, 1.165) is 24.5 Å². The van der Waals surface area contributed by atoms with E-state index in [1.165, 1.54) is 0 Å². The van der Waals surface area contributed by atoms with Crippen LogP contribution in [0.1, 0.15) is 32.0 Å². The molecular weight excluding hydrogens is 278 g/mol. The number of nitrogens with zero attached hydrogens (tertiary/aromatic N) is 3. The maximum Gasteiger partial charge on any atom is 0.134 e. The second kappa shape index (κ2) is 6.70. The van der Waals surface area contributed by atoms with Crippen LogP contribution < -0.4 is 4.90 Å². The highest BCUT2D eigenvalue weighted by Crippen LogP contribution is 2.24. The van der Waals surface area contributed by atoms with E-state index >= 15 is 0 Å². The van der Waals surface area contributed by atoms with Gasteiger partial charge in [-0.3, -0.25) is 0 Å². The van der Waals surface area contributed by atoms with Gasteiger partial charge in [-0.15, -0.1) is 0 Å². The molecular formula is C14H22ClN3O2. The molecule has 0 amide bonds. The van der Waals surface area contributed by atoms with Crippen LogP contribution in [-0.2, 0) is 11.2 Å². The molecule has 1 aromatic rings. The van der Waals surface area contributed by atoms with Gasteiger partial charge < -0.3 is 14.7 Å². The van der Waals surface area contributed by atoms with Crippen LogP contribution in [0.15, 0.2) is 6.07 Å². The first-order valence-electron chi connectivity index (χ1n) is 7.07. The first-order valence-corrected chi connectivity index (χ1v) is 7.45. The summed E-state index contributed by atoms with van der Waals surface area (Å²) in [7, 11) is 1.92. The Morgan fingerprint density at radius 3 is 2.75 bits per heavy atom. The summed E-state index contributed by atoms with van der Waals surface area (Å²) in [5.41, 5.74) is -0.713. The molecule has 1 aliphatic rings. The summed E-state index contributed by atoms with van der Waals surface area (Å²) in [5, 5.41) is 11.0. The Morgan fingerprint density at radius 1 is 1.40 bits per heavy atom. The lowest BCUT2D eigenvalue weighted by atomic mass is 9.94. The monoisotopic (exact) mass is 299 g/mol. The highest BCUT2D eigenvalue weighted by molar-refractivity contribution is 6.29. The zero-order chi connectivity index (χ0) is 14.6. The van der Waals surface area contributed by atoms with Gasteiger partial charge in [0, 0.05) is 52.1 Å². The lowest BCUT2D eigenvalue weighted by molar-refractivity contribution is -0.0573. The summed E-state index contributed by atoms with van der Waals surface area (Å²) in [6, 6.07) is 1.74. The van der Waals surface area contributed by atoms with E-state index < -0.39 is 5.60 Å². The third-order valence-electron chi connectivity index (χ3n) is 3.55. The van der Waals surface area contributed by atoms with E-state index in [1.807, 2.05) is 11.9 Å². The zero-order valence-electron chi connectivity index (χ0n) is 12.1. The van der Waals surface area contributed by atoms with E-state index in [4.69, 9.17) is 16.3 Å². The van der Waals surface area contributed by atoms with Crippen LogP contribution in [0.4, 0.5) is 5.82 Å². The van der Waals surface area contributed by atoms with Crippen LogP contribution in [-0.4, -0.2) is 47.5 Å². The smallest absolute Gasteiger partial charge is 0.134 e. The van der Waals surface area contributed by atoms with Crippen molar-refractivity contribution >= 4 is 17.4 Å². The molecule has 0 unspecified atom stereocenters. The van der Waals surface area contributed by atoms with Crippen LogP contribution in [0.2, 0.25) is 5.15 Å². The summed E-state index contributed by atoms with van der Waals surface area (Å²) in [4.78, 5) is 10.7. The standard InChI is InChI=1S/C14H22ClN3O2/c1-3-4-12-16-11(15)9-13(17-12)18(2)10-14(19)5-7-20-8-6-14/h9,19H,3-8,10H2,1-2H3. The van der Waals surface area contributed by atoms with Gasteiger partial charge in [0.1, 0.15) is 16.8 Å². The molecule has 20 heavy (non-hydrogen) atoms. The van der Waals surface area contributed by atoms with E-state index in [2.05, 4.69) is 16.9 Å². The minimum atomic E-state index is -0.713. The Bertz CT molecular complexity index is 450. The number of aryl methyl sites for hydroxylation is 1. The van der Waals surface area contributed by atoms with Gasteiger partial charge in [0.2, 0.25) is 0 Å². The molecule has 0 aliphatic carbocycles. The maximum atomic E-state index is 10.5. The predicted octanol–water partition coefficient (Wildman–Crippen LogP) is 2.06. The Morgan fingerprint density at radius 2 is 2.10 bits per heavy atom. The van der Waals surface area contributed by atoms with Crippen molar-refractivity contribution < 1.29 is 9.84 Å². The first kappa shape index (κ1) is 15.5. The molecule has 0 atom stereocenters. The number of ether oxygens (including phenoxy) is 1. The lowest BCUT2D eigenvalue weighted by Gasteiger charge is -2.35. The molecule has 1 fully saturated rings. The summed E-state index contributed by atoms with van der Waals surface area (Å²) >= 11 is 6.05. The van der Waals surface area contributed by atoms with Crippen LogP contribution in [0.25, 0.3) is 0 Å². The summed E-state index contributed by atoms with van der Waals surface area (Å²) in [5.74, 6) is 1.51. The quantitative estimate of drug-likeness (QED) is 0.843. The maximum absolute atomic E-state index is 10.5. The van der Waals surface area contributed by atoms with Crippen molar-refractivity contribution in [3.63, 3.8) is 0 Å². The highest BCUT2D eigenvalue weighted by atomic mass is 35.5. The minimum Gasteiger partial charge on any atom is -0.388 e. The van der Waals surface area contributed by atoms with Gasteiger partial charge in [-0.25, -0.2) is 9.97 Å². The normalized spacial score (nSPS) is 18.0. The largest absolute Gasteiger partial charge is 0.388 e. The fourth-order valence-electron chi connectivity index (χ4n) is 2.41. The topological polar surface area (TPSA) is 58.5 Å². The molecule has 2 rings (SSSR count). The van der Waals surface area contributed by atoms with Crippen molar-refractivity contribution in [2.75, 3.05) is 31.7 Å². The fourth-order valence-corrected chi connectivity index (χ4v) is 2.61. The highest BCUT2D eigenvalue weighted by Gasteiger charge is 2.31. The van der Waals surface area contributed by atoms with Crippen molar-refractivity contribution in [1.82, 2.24) is 9.97 Å². The number of aromatic nitrogens is 2. The van der Waals surface area contributed by atoms with Crippen LogP contribution in [0.5, 0.6) is 0 Å². The molecule has 0 aromatic carbocycles. The summed E-state index contributed by atoms with van der Waals surface area (Å²) in [6.07, 6.45) is 3.08. The van der Waals surface area contributed by atoms with Gasteiger partial charge >= 0.3 is 0 Å². The summed E-state index contributed by atoms with van der Waals surface area (Å²) < 4.78 is 5.30. The number of rotatable bonds is 5. The number of halogens is 1. The number of hydrogen-bond donors (Lipinski definition) is 1. The average molecular weight is 300 g/mol. The van der Waals surface area contributed by atoms with Gasteiger partial charge in [0.25, 0.3) is 0 Å². The van der Waals surface area contributed by atoms with Gasteiger partial charge in [-0.1, -0.05) is 18.5 Å². The van der Waals surface area contributed by atoms with Gasteiger partial charge in [-0.2, -0.15) is 0 Å². The van der Waals surface area contributed by atoms with E-state index in [1.54, 1.807) is 6.07 Å². The Kier molecular flexibility index (Phi) is 5.18. The number of anilines is 1. The third kappa shape index (κ3) is 4.04.